The van der Waals surface area contributed by atoms with Crippen LogP contribution in [0.15, 0.2) is 12.2 Å². The number of rotatable bonds is 15. The molecule has 0 spiro atoms. The SMILES string of the molecule is CCCCCCCC(O)/C=C\C(O)CCC(O)CCCC(=O)O. The first kappa shape index (κ1) is 22.1. The lowest BCUT2D eigenvalue weighted by Gasteiger charge is -2.12. The molecule has 0 saturated carbocycles. The Bertz CT molecular complexity index is 317. The third kappa shape index (κ3) is 15.8. The standard InChI is InChI=1S/C18H34O5/c1-2-3-4-5-6-8-15(19)11-13-17(21)14-12-16(20)9-7-10-18(22)23/h11,13,15-17,19-21H,2-10,12,14H2,1H3,(H,22,23)/b13-11-. The number of carboxylic acid groups (broad SMARTS) is 1. The Kier molecular flexibility index (Phi) is 14.1. The van der Waals surface area contributed by atoms with Crippen LogP contribution < -0.4 is 0 Å². The first-order valence-corrected chi connectivity index (χ1v) is 8.90. The van der Waals surface area contributed by atoms with Crippen LogP contribution in [0.2, 0.25) is 0 Å². The van der Waals surface area contributed by atoms with Crippen LogP contribution in [0.5, 0.6) is 0 Å². The maximum Gasteiger partial charge on any atom is 0.303 e. The number of carboxylic acids is 1. The predicted molar refractivity (Wildman–Crippen MR) is 91.3 cm³/mol. The van der Waals surface area contributed by atoms with Gasteiger partial charge in [-0.15, -0.1) is 0 Å². The summed E-state index contributed by atoms with van der Waals surface area (Å²) in [6.45, 7) is 2.17. The highest BCUT2D eigenvalue weighted by Crippen LogP contribution is 2.11. The first-order chi connectivity index (χ1) is 11.0. The molecule has 0 rings (SSSR count). The molecule has 0 fully saturated rings. The normalized spacial score (nSPS) is 15.7. The molecule has 136 valence electrons. The Balaban J connectivity index is 3.69. The van der Waals surface area contributed by atoms with E-state index in [4.69, 9.17) is 5.11 Å². The van der Waals surface area contributed by atoms with Crippen molar-refractivity contribution in [1.82, 2.24) is 0 Å². The second-order valence-corrected chi connectivity index (χ2v) is 6.24. The van der Waals surface area contributed by atoms with Crippen molar-refractivity contribution in [3.63, 3.8) is 0 Å². The smallest absolute Gasteiger partial charge is 0.303 e. The van der Waals surface area contributed by atoms with Gasteiger partial charge in [-0.3, -0.25) is 4.79 Å². The van der Waals surface area contributed by atoms with E-state index >= 15 is 0 Å². The minimum atomic E-state index is -0.858. The molecule has 0 aliphatic rings. The zero-order valence-corrected chi connectivity index (χ0v) is 14.4. The molecule has 23 heavy (non-hydrogen) atoms. The fourth-order valence-electron chi connectivity index (χ4n) is 2.40. The monoisotopic (exact) mass is 330 g/mol. The van der Waals surface area contributed by atoms with Crippen molar-refractivity contribution in [1.29, 1.82) is 0 Å². The summed E-state index contributed by atoms with van der Waals surface area (Å²) < 4.78 is 0. The molecule has 5 nitrogen and oxygen atoms in total. The summed E-state index contributed by atoms with van der Waals surface area (Å²) in [5, 5.41) is 37.8. The number of unbranched alkanes of at least 4 members (excludes halogenated alkanes) is 4. The summed E-state index contributed by atoms with van der Waals surface area (Å²) in [5.41, 5.74) is 0. The number of aliphatic hydroxyl groups excluding tert-OH is 3. The van der Waals surface area contributed by atoms with Crippen LogP contribution in [-0.4, -0.2) is 44.7 Å². The van der Waals surface area contributed by atoms with E-state index in [-0.39, 0.29) is 6.42 Å². The lowest BCUT2D eigenvalue weighted by atomic mass is 10.0. The lowest BCUT2D eigenvalue weighted by Crippen LogP contribution is -2.13. The minimum absolute atomic E-state index is 0.0595. The second-order valence-electron chi connectivity index (χ2n) is 6.24. The summed E-state index contributed by atoms with van der Waals surface area (Å²) in [4.78, 5) is 10.4. The molecule has 3 unspecified atom stereocenters. The molecule has 0 amide bonds. The van der Waals surface area contributed by atoms with E-state index in [1.54, 1.807) is 12.2 Å². The highest BCUT2D eigenvalue weighted by molar-refractivity contribution is 5.66. The fourth-order valence-corrected chi connectivity index (χ4v) is 2.40. The van der Waals surface area contributed by atoms with E-state index in [1.165, 1.54) is 19.3 Å². The average molecular weight is 330 g/mol. The van der Waals surface area contributed by atoms with Gasteiger partial charge in [-0.1, -0.05) is 51.2 Å². The van der Waals surface area contributed by atoms with Gasteiger partial charge in [0.1, 0.15) is 0 Å². The molecule has 3 atom stereocenters. The quantitative estimate of drug-likeness (QED) is 0.273. The van der Waals surface area contributed by atoms with Crippen LogP contribution in [-0.2, 0) is 4.79 Å². The van der Waals surface area contributed by atoms with Crippen molar-refractivity contribution in [3.8, 4) is 0 Å². The van der Waals surface area contributed by atoms with E-state index in [0.29, 0.717) is 32.1 Å². The maximum absolute atomic E-state index is 10.4. The van der Waals surface area contributed by atoms with Gasteiger partial charge in [0.05, 0.1) is 18.3 Å². The van der Waals surface area contributed by atoms with Crippen LogP contribution >= 0.6 is 0 Å². The van der Waals surface area contributed by atoms with Gasteiger partial charge in [0.15, 0.2) is 0 Å². The number of hydrogen-bond donors (Lipinski definition) is 4. The zero-order valence-electron chi connectivity index (χ0n) is 14.4. The summed E-state index contributed by atoms with van der Waals surface area (Å²) in [6.07, 6.45) is 9.68. The first-order valence-electron chi connectivity index (χ1n) is 8.90. The Labute approximate surface area is 140 Å². The predicted octanol–water partition coefficient (Wildman–Crippen LogP) is 3.02. The summed E-state index contributed by atoms with van der Waals surface area (Å²) in [7, 11) is 0. The van der Waals surface area contributed by atoms with E-state index in [2.05, 4.69) is 6.92 Å². The van der Waals surface area contributed by atoms with Gasteiger partial charge in [-0.05, 0) is 32.1 Å². The maximum atomic E-state index is 10.4. The molecule has 0 saturated heterocycles. The van der Waals surface area contributed by atoms with Crippen molar-refractivity contribution in [3.05, 3.63) is 12.2 Å². The zero-order chi connectivity index (χ0) is 17.5. The van der Waals surface area contributed by atoms with Crippen molar-refractivity contribution >= 4 is 5.97 Å². The van der Waals surface area contributed by atoms with E-state index < -0.39 is 24.3 Å². The fraction of sp³-hybridized carbons (Fsp3) is 0.833. The molecule has 0 aromatic rings. The highest BCUT2D eigenvalue weighted by Gasteiger charge is 2.09. The lowest BCUT2D eigenvalue weighted by molar-refractivity contribution is -0.137. The number of aliphatic hydroxyl groups is 3. The Morgan fingerprint density at radius 2 is 1.43 bits per heavy atom. The molecule has 4 N–H and O–H groups in total. The Hall–Kier alpha value is -0.910. The Morgan fingerprint density at radius 1 is 0.826 bits per heavy atom. The summed E-state index contributed by atoms with van der Waals surface area (Å²) in [5.74, 6) is -0.858. The van der Waals surface area contributed by atoms with E-state index in [0.717, 1.165) is 12.8 Å². The van der Waals surface area contributed by atoms with Crippen molar-refractivity contribution in [2.75, 3.05) is 0 Å². The molecule has 0 aliphatic carbocycles. The summed E-state index contributed by atoms with van der Waals surface area (Å²) >= 11 is 0. The van der Waals surface area contributed by atoms with Crippen LogP contribution in [0.3, 0.4) is 0 Å². The van der Waals surface area contributed by atoms with Crippen molar-refractivity contribution in [2.24, 2.45) is 0 Å². The van der Waals surface area contributed by atoms with Crippen LogP contribution in [0, 0.1) is 0 Å². The molecule has 0 aromatic carbocycles. The average Bonchev–Trinajstić information content (AvgIpc) is 2.50. The molecule has 0 bridgehead atoms. The van der Waals surface area contributed by atoms with Crippen molar-refractivity contribution < 1.29 is 25.2 Å². The topological polar surface area (TPSA) is 98.0 Å². The van der Waals surface area contributed by atoms with Crippen LogP contribution in [0.25, 0.3) is 0 Å². The number of hydrogen-bond acceptors (Lipinski definition) is 4. The highest BCUT2D eigenvalue weighted by atomic mass is 16.4. The van der Waals surface area contributed by atoms with Gasteiger partial charge in [-0.25, -0.2) is 0 Å². The van der Waals surface area contributed by atoms with E-state index in [9.17, 15) is 20.1 Å². The molecule has 0 heterocycles. The molecular weight excluding hydrogens is 296 g/mol. The number of aliphatic carboxylic acids is 1. The largest absolute Gasteiger partial charge is 0.481 e. The Morgan fingerprint density at radius 3 is 2.04 bits per heavy atom. The second kappa shape index (κ2) is 14.7. The summed E-state index contributed by atoms with van der Waals surface area (Å²) in [6, 6.07) is 0. The third-order valence-electron chi connectivity index (χ3n) is 3.88. The third-order valence-corrected chi connectivity index (χ3v) is 3.88. The molecule has 0 aromatic heterocycles. The molecule has 0 radical (unpaired) electrons. The van der Waals surface area contributed by atoms with E-state index in [1.807, 2.05) is 0 Å². The molecular formula is C18H34O5. The van der Waals surface area contributed by atoms with Gasteiger partial charge in [0.25, 0.3) is 0 Å². The van der Waals surface area contributed by atoms with Gasteiger partial charge in [-0.2, -0.15) is 0 Å². The van der Waals surface area contributed by atoms with Crippen LogP contribution in [0.1, 0.15) is 77.6 Å². The molecule has 5 heteroatoms. The minimum Gasteiger partial charge on any atom is -0.481 e. The van der Waals surface area contributed by atoms with Gasteiger partial charge >= 0.3 is 5.97 Å². The van der Waals surface area contributed by atoms with Crippen LogP contribution in [0.4, 0.5) is 0 Å². The van der Waals surface area contributed by atoms with Gasteiger partial charge in [0.2, 0.25) is 0 Å². The van der Waals surface area contributed by atoms with Gasteiger partial charge in [0, 0.05) is 6.42 Å². The molecule has 0 aliphatic heterocycles. The van der Waals surface area contributed by atoms with Gasteiger partial charge < -0.3 is 20.4 Å². The van der Waals surface area contributed by atoms with Crippen molar-refractivity contribution in [2.45, 2.75) is 95.9 Å². The number of carbonyl (C=O) groups is 1.